The molecule has 3 aliphatic rings. The Kier molecular flexibility index (Phi) is 4.94. The molecule has 2 aromatic rings. The maximum atomic E-state index is 12.8. The highest BCUT2D eigenvalue weighted by molar-refractivity contribution is 7.92. The Hall–Kier alpha value is -2.52. The molecule has 0 spiro atoms. The van der Waals surface area contributed by atoms with E-state index in [1.165, 1.54) is 4.31 Å². The van der Waals surface area contributed by atoms with Crippen LogP contribution in [0, 0.1) is 0 Å². The van der Waals surface area contributed by atoms with E-state index in [1.54, 1.807) is 6.20 Å². The molecule has 2 aromatic heterocycles. The lowest BCUT2D eigenvalue weighted by Crippen LogP contribution is -2.44. The summed E-state index contributed by atoms with van der Waals surface area (Å²) in [5.74, 6) is 1.87. The molecule has 1 aliphatic carbocycles. The molecule has 0 N–H and O–H groups in total. The maximum absolute atomic E-state index is 12.8. The zero-order valence-electron chi connectivity index (χ0n) is 17.0. The van der Waals surface area contributed by atoms with Crippen LogP contribution in [0.5, 0.6) is 0 Å². The van der Waals surface area contributed by atoms with E-state index in [2.05, 4.69) is 22.9 Å². The lowest BCUT2D eigenvalue weighted by molar-refractivity contribution is 0.0985. The van der Waals surface area contributed by atoms with Crippen molar-refractivity contribution < 1.29 is 13.2 Å². The fourth-order valence-corrected chi connectivity index (χ4v) is 5.85. The summed E-state index contributed by atoms with van der Waals surface area (Å²) in [4.78, 5) is 16.2. The highest BCUT2D eigenvalue weighted by Crippen LogP contribution is 2.33. The second-order valence-electron chi connectivity index (χ2n) is 7.95. The van der Waals surface area contributed by atoms with Crippen molar-refractivity contribution in [3.8, 4) is 11.4 Å². The van der Waals surface area contributed by atoms with Gasteiger partial charge in [-0.25, -0.2) is 18.4 Å². The molecule has 2 saturated heterocycles. The molecule has 1 atom stereocenters. The lowest BCUT2D eigenvalue weighted by Gasteiger charge is -2.35. The number of pyridine rings is 1. The normalized spacial score (nSPS) is 22.9. The summed E-state index contributed by atoms with van der Waals surface area (Å²) in [5, 5.41) is 0. The van der Waals surface area contributed by atoms with Crippen molar-refractivity contribution >= 4 is 27.7 Å². The van der Waals surface area contributed by atoms with Crippen LogP contribution in [0.3, 0.4) is 0 Å². The van der Waals surface area contributed by atoms with Gasteiger partial charge in [0.15, 0.2) is 5.82 Å². The van der Waals surface area contributed by atoms with Gasteiger partial charge in [-0.05, 0) is 25.8 Å². The zero-order valence-corrected chi connectivity index (χ0v) is 17.8. The summed E-state index contributed by atoms with van der Waals surface area (Å²) < 4.78 is 32.6. The van der Waals surface area contributed by atoms with Crippen molar-refractivity contribution in [1.82, 2.24) is 15.0 Å². The molecule has 0 saturated carbocycles. The Morgan fingerprint density at radius 1 is 1.17 bits per heavy atom. The molecular formula is C21H25N5O3S. The van der Waals surface area contributed by atoms with Gasteiger partial charge in [0, 0.05) is 42.9 Å². The van der Waals surface area contributed by atoms with Crippen molar-refractivity contribution in [2.75, 3.05) is 41.3 Å². The van der Waals surface area contributed by atoms with Crippen LogP contribution in [0.2, 0.25) is 0 Å². The van der Waals surface area contributed by atoms with E-state index >= 15 is 0 Å². The SMILES string of the molecule is C[C@@H]1COCCN1c1cc(N2CCCCS2(=O)=O)nc(-c2ccnc3c2C=CC3)n1. The predicted octanol–water partition coefficient (Wildman–Crippen LogP) is 2.26. The Labute approximate surface area is 176 Å². The molecule has 0 unspecified atom stereocenters. The highest BCUT2D eigenvalue weighted by atomic mass is 32.2. The van der Waals surface area contributed by atoms with E-state index in [0.29, 0.717) is 44.4 Å². The Morgan fingerprint density at radius 3 is 2.87 bits per heavy atom. The summed E-state index contributed by atoms with van der Waals surface area (Å²) in [7, 11) is -3.37. The number of anilines is 2. The number of morpholine rings is 1. The number of nitrogens with zero attached hydrogens (tertiary/aromatic N) is 5. The van der Waals surface area contributed by atoms with Crippen molar-refractivity contribution in [2.24, 2.45) is 0 Å². The van der Waals surface area contributed by atoms with E-state index in [0.717, 1.165) is 35.5 Å². The third-order valence-electron chi connectivity index (χ3n) is 5.88. The molecule has 5 rings (SSSR count). The number of fused-ring (bicyclic) bond motifs is 1. The largest absolute Gasteiger partial charge is 0.377 e. The van der Waals surface area contributed by atoms with Crippen molar-refractivity contribution in [3.63, 3.8) is 0 Å². The van der Waals surface area contributed by atoms with Crippen LogP contribution in [0.1, 0.15) is 31.0 Å². The summed E-state index contributed by atoms with van der Waals surface area (Å²) in [6.07, 6.45) is 8.19. The highest BCUT2D eigenvalue weighted by Gasteiger charge is 2.30. The zero-order chi connectivity index (χ0) is 20.7. The molecule has 4 heterocycles. The second-order valence-corrected chi connectivity index (χ2v) is 9.96. The van der Waals surface area contributed by atoms with Gasteiger partial charge in [-0.2, -0.15) is 0 Å². The Bertz CT molecular complexity index is 1100. The smallest absolute Gasteiger partial charge is 0.236 e. The minimum absolute atomic E-state index is 0.148. The van der Waals surface area contributed by atoms with E-state index in [4.69, 9.17) is 14.7 Å². The average Bonchev–Trinajstić information content (AvgIpc) is 3.22. The third kappa shape index (κ3) is 3.45. The van der Waals surface area contributed by atoms with E-state index in [-0.39, 0.29) is 11.8 Å². The van der Waals surface area contributed by atoms with E-state index in [1.807, 2.05) is 18.2 Å². The number of rotatable bonds is 3. The molecule has 158 valence electrons. The van der Waals surface area contributed by atoms with Crippen LogP contribution in [-0.4, -0.2) is 61.5 Å². The Morgan fingerprint density at radius 2 is 2.03 bits per heavy atom. The lowest BCUT2D eigenvalue weighted by atomic mass is 10.1. The molecular weight excluding hydrogens is 402 g/mol. The van der Waals surface area contributed by atoms with Gasteiger partial charge in [-0.15, -0.1) is 0 Å². The van der Waals surface area contributed by atoms with E-state index < -0.39 is 10.0 Å². The minimum Gasteiger partial charge on any atom is -0.377 e. The average molecular weight is 428 g/mol. The van der Waals surface area contributed by atoms with Crippen LogP contribution in [-0.2, 0) is 21.2 Å². The fourth-order valence-electron chi connectivity index (χ4n) is 4.28. The first-order valence-electron chi connectivity index (χ1n) is 10.4. The van der Waals surface area contributed by atoms with Gasteiger partial charge in [0.25, 0.3) is 0 Å². The molecule has 0 radical (unpaired) electrons. The number of hydrogen-bond donors (Lipinski definition) is 0. The molecule has 0 amide bonds. The van der Waals surface area contributed by atoms with Crippen LogP contribution < -0.4 is 9.21 Å². The summed E-state index contributed by atoms with van der Waals surface area (Å²) in [6, 6.07) is 3.87. The number of aromatic nitrogens is 3. The first-order valence-corrected chi connectivity index (χ1v) is 12.0. The predicted molar refractivity (Wildman–Crippen MR) is 116 cm³/mol. The monoisotopic (exact) mass is 427 g/mol. The van der Waals surface area contributed by atoms with Gasteiger partial charge in [0.05, 0.1) is 30.7 Å². The second kappa shape index (κ2) is 7.63. The summed E-state index contributed by atoms with van der Waals surface area (Å²) in [5.41, 5.74) is 2.89. The first kappa shape index (κ1) is 19.4. The van der Waals surface area contributed by atoms with Crippen molar-refractivity contribution in [2.45, 2.75) is 32.2 Å². The summed E-state index contributed by atoms with van der Waals surface area (Å²) in [6.45, 7) is 4.48. The number of hydrogen-bond acceptors (Lipinski definition) is 7. The minimum atomic E-state index is -3.37. The number of allylic oxidation sites excluding steroid dienone is 1. The number of ether oxygens (including phenoxy) is 1. The molecule has 2 fully saturated rings. The molecule has 0 bridgehead atoms. The molecule has 2 aliphatic heterocycles. The van der Waals surface area contributed by atoms with Gasteiger partial charge in [0.1, 0.15) is 11.6 Å². The summed E-state index contributed by atoms with van der Waals surface area (Å²) >= 11 is 0. The standard InChI is InChI=1S/C21H25N5O3S/c1-15-14-29-11-10-25(15)19-13-20(26-9-2-3-12-30(26,27)28)24-21(23-19)17-7-8-22-18-6-4-5-16(17)18/h4-5,7-8,13,15H,2-3,6,9-12,14H2,1H3/t15-/m1/s1. The van der Waals surface area contributed by atoms with Gasteiger partial charge >= 0.3 is 0 Å². The van der Waals surface area contributed by atoms with Crippen LogP contribution >= 0.6 is 0 Å². The molecule has 0 aromatic carbocycles. The maximum Gasteiger partial charge on any atom is 0.236 e. The number of sulfonamides is 1. The van der Waals surface area contributed by atoms with Crippen LogP contribution in [0.15, 0.2) is 24.4 Å². The van der Waals surface area contributed by atoms with Gasteiger partial charge in [-0.1, -0.05) is 12.2 Å². The van der Waals surface area contributed by atoms with Crippen molar-refractivity contribution in [3.05, 3.63) is 35.7 Å². The van der Waals surface area contributed by atoms with Gasteiger partial charge < -0.3 is 9.64 Å². The molecule has 8 nitrogen and oxygen atoms in total. The van der Waals surface area contributed by atoms with Crippen molar-refractivity contribution in [1.29, 1.82) is 0 Å². The van der Waals surface area contributed by atoms with Crippen LogP contribution in [0.4, 0.5) is 11.6 Å². The quantitative estimate of drug-likeness (QED) is 0.742. The topological polar surface area (TPSA) is 88.5 Å². The van der Waals surface area contributed by atoms with Gasteiger partial charge in [0.2, 0.25) is 10.0 Å². The third-order valence-corrected chi connectivity index (χ3v) is 7.72. The Balaban J connectivity index is 1.66. The van der Waals surface area contributed by atoms with E-state index in [9.17, 15) is 8.42 Å². The molecule has 30 heavy (non-hydrogen) atoms. The van der Waals surface area contributed by atoms with Crippen LogP contribution in [0.25, 0.3) is 17.5 Å². The first-order chi connectivity index (χ1) is 14.5. The van der Waals surface area contributed by atoms with Gasteiger partial charge in [-0.3, -0.25) is 9.29 Å². The molecule has 9 heteroatoms. The fraction of sp³-hybridized carbons (Fsp3) is 0.476.